The van der Waals surface area contributed by atoms with Gasteiger partial charge in [-0.15, -0.1) is 0 Å². The predicted molar refractivity (Wildman–Crippen MR) is 145 cm³/mol. The summed E-state index contributed by atoms with van der Waals surface area (Å²) in [5.41, 5.74) is 4.89. The van der Waals surface area contributed by atoms with Crippen molar-refractivity contribution >= 4 is 28.4 Å². The third-order valence-corrected chi connectivity index (χ3v) is 5.85. The van der Waals surface area contributed by atoms with E-state index < -0.39 is 11.9 Å². The SMILES string of the molecule is C=C/C=C\C(CNc1nc(-c2cncc(C(C)C(=O)O)c2)nc2cccc(-c3ccccc3)c12)=NC. The van der Waals surface area contributed by atoms with E-state index in [0.29, 0.717) is 29.3 Å². The lowest BCUT2D eigenvalue weighted by Crippen LogP contribution is -2.14. The van der Waals surface area contributed by atoms with Crippen molar-refractivity contribution in [3.63, 3.8) is 0 Å². The summed E-state index contributed by atoms with van der Waals surface area (Å²) in [5, 5.41) is 13.8. The smallest absolute Gasteiger partial charge is 0.310 e. The van der Waals surface area contributed by atoms with Gasteiger partial charge in [0.1, 0.15) is 5.82 Å². The quantitative estimate of drug-likeness (QED) is 0.234. The van der Waals surface area contributed by atoms with E-state index in [1.54, 1.807) is 38.5 Å². The molecule has 4 aromatic rings. The lowest BCUT2D eigenvalue weighted by atomic mass is 10.00. The summed E-state index contributed by atoms with van der Waals surface area (Å²) in [6.45, 7) is 5.80. The number of hydrogen-bond acceptors (Lipinski definition) is 6. The molecule has 0 aliphatic rings. The highest BCUT2D eigenvalue weighted by molar-refractivity contribution is 6.04. The summed E-state index contributed by atoms with van der Waals surface area (Å²) < 4.78 is 0. The van der Waals surface area contributed by atoms with Crippen LogP contribution in [0, 0.1) is 0 Å². The van der Waals surface area contributed by atoms with Gasteiger partial charge in [-0.1, -0.05) is 61.2 Å². The van der Waals surface area contributed by atoms with E-state index in [4.69, 9.17) is 9.97 Å². The Balaban J connectivity index is 1.87. The molecule has 36 heavy (non-hydrogen) atoms. The topological polar surface area (TPSA) is 100 Å². The zero-order valence-electron chi connectivity index (χ0n) is 20.2. The van der Waals surface area contributed by atoms with Crippen molar-refractivity contribution in [2.45, 2.75) is 12.8 Å². The number of carbonyl (C=O) groups is 1. The number of pyridine rings is 1. The number of benzene rings is 2. The zero-order chi connectivity index (χ0) is 25.5. The number of hydrogen-bond donors (Lipinski definition) is 2. The van der Waals surface area contributed by atoms with Crippen LogP contribution in [0.2, 0.25) is 0 Å². The van der Waals surface area contributed by atoms with Gasteiger partial charge in [0, 0.05) is 25.0 Å². The molecule has 2 aromatic heterocycles. The molecule has 0 aliphatic heterocycles. The van der Waals surface area contributed by atoms with E-state index in [1.165, 1.54) is 0 Å². The lowest BCUT2D eigenvalue weighted by molar-refractivity contribution is -0.138. The van der Waals surface area contributed by atoms with Gasteiger partial charge in [0.25, 0.3) is 0 Å². The van der Waals surface area contributed by atoms with Gasteiger partial charge in [0.2, 0.25) is 0 Å². The van der Waals surface area contributed by atoms with Crippen LogP contribution < -0.4 is 5.32 Å². The summed E-state index contributed by atoms with van der Waals surface area (Å²) in [7, 11) is 1.74. The fourth-order valence-electron chi connectivity index (χ4n) is 3.82. The van der Waals surface area contributed by atoms with Crippen molar-refractivity contribution in [3.8, 4) is 22.5 Å². The Morgan fingerprint density at radius 1 is 1.11 bits per heavy atom. The van der Waals surface area contributed by atoms with Gasteiger partial charge >= 0.3 is 5.97 Å². The molecule has 0 fully saturated rings. The maximum absolute atomic E-state index is 11.5. The Hall–Kier alpha value is -4.65. The van der Waals surface area contributed by atoms with E-state index in [0.717, 1.165) is 27.7 Å². The van der Waals surface area contributed by atoms with Crippen LogP contribution in [0.25, 0.3) is 33.4 Å². The number of nitrogens with one attached hydrogen (secondary N) is 1. The Bertz CT molecular complexity index is 1460. The number of carboxylic acid groups (broad SMARTS) is 1. The minimum Gasteiger partial charge on any atom is -0.481 e. The summed E-state index contributed by atoms with van der Waals surface area (Å²) >= 11 is 0. The minimum atomic E-state index is -0.915. The average molecular weight is 478 g/mol. The molecule has 2 N–H and O–H groups in total. The molecule has 0 amide bonds. The van der Waals surface area contributed by atoms with E-state index in [-0.39, 0.29) is 0 Å². The molecule has 0 saturated carbocycles. The average Bonchev–Trinajstić information content (AvgIpc) is 2.92. The van der Waals surface area contributed by atoms with Gasteiger partial charge in [-0.2, -0.15) is 0 Å². The van der Waals surface area contributed by atoms with Crippen LogP contribution in [-0.2, 0) is 4.79 Å². The van der Waals surface area contributed by atoms with Gasteiger partial charge in [0.15, 0.2) is 5.82 Å². The molecule has 7 heteroatoms. The van der Waals surface area contributed by atoms with Gasteiger partial charge in [0.05, 0.1) is 29.1 Å². The van der Waals surface area contributed by atoms with Crippen molar-refractivity contribution in [3.05, 3.63) is 97.4 Å². The monoisotopic (exact) mass is 477 g/mol. The maximum atomic E-state index is 11.5. The number of aliphatic imine (C=N–C) groups is 1. The molecule has 0 saturated heterocycles. The highest BCUT2D eigenvalue weighted by Gasteiger charge is 2.18. The summed E-state index contributed by atoms with van der Waals surface area (Å²) in [6.07, 6.45) is 8.64. The number of aromatic nitrogens is 3. The van der Waals surface area contributed by atoms with Crippen LogP contribution in [-0.4, -0.2) is 45.3 Å². The van der Waals surface area contributed by atoms with Crippen LogP contribution in [0.4, 0.5) is 5.82 Å². The fraction of sp³-hybridized carbons (Fsp3) is 0.138. The zero-order valence-corrected chi connectivity index (χ0v) is 20.2. The second-order valence-corrected chi connectivity index (χ2v) is 8.19. The Morgan fingerprint density at radius 3 is 2.64 bits per heavy atom. The molecule has 0 spiro atoms. The molecular weight excluding hydrogens is 450 g/mol. The van der Waals surface area contributed by atoms with Gasteiger partial charge < -0.3 is 10.4 Å². The highest BCUT2D eigenvalue weighted by Crippen LogP contribution is 2.34. The fourth-order valence-corrected chi connectivity index (χ4v) is 3.82. The van der Waals surface area contributed by atoms with Gasteiger partial charge in [-0.25, -0.2) is 9.97 Å². The normalized spacial score (nSPS) is 12.6. The number of rotatable bonds is 9. The van der Waals surface area contributed by atoms with Crippen molar-refractivity contribution < 1.29 is 9.90 Å². The first kappa shape index (κ1) is 24.5. The Kier molecular flexibility index (Phi) is 7.60. The third-order valence-electron chi connectivity index (χ3n) is 5.85. The first-order valence-electron chi connectivity index (χ1n) is 11.5. The van der Waals surface area contributed by atoms with E-state index in [1.807, 2.05) is 42.5 Å². The number of carboxylic acids is 1. The molecule has 4 rings (SSSR count). The van der Waals surface area contributed by atoms with Crippen LogP contribution in [0.1, 0.15) is 18.4 Å². The molecule has 1 unspecified atom stereocenters. The molecule has 0 aliphatic carbocycles. The van der Waals surface area contributed by atoms with Gasteiger partial charge in [-0.05, 0) is 41.8 Å². The molecule has 1 atom stereocenters. The number of nitrogens with zero attached hydrogens (tertiary/aromatic N) is 4. The van der Waals surface area contributed by atoms with E-state index >= 15 is 0 Å². The summed E-state index contributed by atoms with van der Waals surface area (Å²) in [5.74, 6) is -0.500. The molecule has 180 valence electrons. The van der Waals surface area contributed by atoms with E-state index in [2.05, 4.69) is 40.1 Å². The molecule has 0 bridgehead atoms. The summed E-state index contributed by atoms with van der Waals surface area (Å²) in [4.78, 5) is 29.8. The Morgan fingerprint density at radius 2 is 1.92 bits per heavy atom. The standard InChI is InChI=1S/C29H27N5O2/c1-4-5-12-23(30-3)18-32-28-26-24(20-10-7-6-8-11-20)13-9-14-25(26)33-27(34-28)22-15-21(16-31-17-22)19(2)29(35)36/h4-17,19H,1,18H2,2-3H3,(H,35,36)(H,32,33,34)/b12-5-,30-23?. The minimum absolute atomic E-state index is 0.448. The first-order valence-corrected chi connectivity index (χ1v) is 11.5. The second kappa shape index (κ2) is 11.2. The lowest BCUT2D eigenvalue weighted by Gasteiger charge is -2.15. The maximum Gasteiger partial charge on any atom is 0.310 e. The van der Waals surface area contributed by atoms with Crippen molar-refractivity contribution in [2.75, 3.05) is 18.9 Å². The van der Waals surface area contributed by atoms with Gasteiger partial charge in [-0.3, -0.25) is 14.8 Å². The van der Waals surface area contributed by atoms with Crippen molar-refractivity contribution in [2.24, 2.45) is 4.99 Å². The number of aliphatic carboxylic acids is 1. The second-order valence-electron chi connectivity index (χ2n) is 8.19. The number of allylic oxidation sites excluding steroid dienone is 2. The molecule has 0 radical (unpaired) electrons. The molecule has 2 heterocycles. The van der Waals surface area contributed by atoms with Crippen LogP contribution >= 0.6 is 0 Å². The van der Waals surface area contributed by atoms with Crippen molar-refractivity contribution in [1.82, 2.24) is 15.0 Å². The van der Waals surface area contributed by atoms with E-state index in [9.17, 15) is 9.90 Å². The predicted octanol–water partition coefficient (Wildman–Crippen LogP) is 5.77. The van der Waals surface area contributed by atoms with Crippen LogP contribution in [0.3, 0.4) is 0 Å². The van der Waals surface area contributed by atoms with Crippen LogP contribution in [0.15, 0.2) is 96.8 Å². The first-order chi connectivity index (χ1) is 17.5. The highest BCUT2D eigenvalue weighted by atomic mass is 16.4. The third kappa shape index (κ3) is 5.36. The molecular formula is C29H27N5O2. The Labute approximate surface area is 210 Å². The number of fused-ring (bicyclic) bond motifs is 1. The van der Waals surface area contributed by atoms with Crippen LogP contribution in [0.5, 0.6) is 0 Å². The number of anilines is 1. The molecule has 2 aromatic carbocycles. The molecule has 7 nitrogen and oxygen atoms in total. The largest absolute Gasteiger partial charge is 0.481 e. The summed E-state index contributed by atoms with van der Waals surface area (Å²) in [6, 6.07) is 17.8. The van der Waals surface area contributed by atoms with Crippen molar-refractivity contribution in [1.29, 1.82) is 0 Å².